The third-order valence-electron chi connectivity index (χ3n) is 5.23. The van der Waals surface area contributed by atoms with Crippen molar-refractivity contribution in [3.05, 3.63) is 65.7 Å². The highest BCUT2D eigenvalue weighted by Gasteiger charge is 2.16. The zero-order valence-electron chi connectivity index (χ0n) is 19.6. The lowest BCUT2D eigenvalue weighted by atomic mass is 10.1. The largest absolute Gasteiger partial charge is 0.497 e. The SMILES string of the molecule is COc1cccc(-c2nnc3ccc(OCCNC(=O)C(C)Oc4cc(C)ccc4C)nn23)c1. The van der Waals surface area contributed by atoms with Gasteiger partial charge in [0.25, 0.3) is 5.91 Å². The molecule has 0 bridgehead atoms. The number of benzene rings is 2. The second-order valence-corrected chi connectivity index (χ2v) is 7.87. The number of methoxy groups -OCH3 is 1. The van der Waals surface area contributed by atoms with Gasteiger partial charge in [-0.25, -0.2) is 0 Å². The summed E-state index contributed by atoms with van der Waals surface area (Å²) in [4.78, 5) is 12.4. The number of rotatable bonds is 9. The Morgan fingerprint density at radius 1 is 1.09 bits per heavy atom. The lowest BCUT2D eigenvalue weighted by molar-refractivity contribution is -0.127. The summed E-state index contributed by atoms with van der Waals surface area (Å²) in [5, 5.41) is 15.7. The molecule has 0 aliphatic carbocycles. The van der Waals surface area contributed by atoms with Crippen LogP contribution in [-0.2, 0) is 4.79 Å². The van der Waals surface area contributed by atoms with Crippen LogP contribution >= 0.6 is 0 Å². The molecule has 34 heavy (non-hydrogen) atoms. The lowest BCUT2D eigenvalue weighted by Gasteiger charge is -2.16. The highest BCUT2D eigenvalue weighted by atomic mass is 16.5. The average Bonchev–Trinajstić information content (AvgIpc) is 3.27. The first-order valence-electron chi connectivity index (χ1n) is 11.0. The smallest absolute Gasteiger partial charge is 0.260 e. The monoisotopic (exact) mass is 461 g/mol. The number of hydrogen-bond acceptors (Lipinski definition) is 7. The lowest BCUT2D eigenvalue weighted by Crippen LogP contribution is -2.38. The number of fused-ring (bicyclic) bond motifs is 1. The molecule has 4 rings (SSSR count). The number of aryl methyl sites for hydroxylation is 2. The van der Waals surface area contributed by atoms with Gasteiger partial charge in [0.15, 0.2) is 17.6 Å². The number of nitrogens with one attached hydrogen (secondary N) is 1. The first-order valence-corrected chi connectivity index (χ1v) is 11.0. The number of hydrogen-bond donors (Lipinski definition) is 1. The highest BCUT2D eigenvalue weighted by Crippen LogP contribution is 2.23. The summed E-state index contributed by atoms with van der Waals surface area (Å²) in [7, 11) is 1.61. The molecule has 4 aromatic rings. The van der Waals surface area contributed by atoms with Crippen LogP contribution in [0.4, 0.5) is 0 Å². The molecule has 2 heterocycles. The standard InChI is InChI=1S/C25H27N5O4/c1-16-8-9-17(2)21(14-16)34-18(3)25(31)26-12-13-33-23-11-10-22-27-28-24(30(22)29-23)19-6-5-7-20(15-19)32-4/h5-11,14-15,18H,12-13H2,1-4H3,(H,26,31). The first kappa shape index (κ1) is 23.0. The van der Waals surface area contributed by atoms with Gasteiger partial charge in [-0.15, -0.1) is 15.3 Å². The molecule has 1 N–H and O–H groups in total. The molecule has 0 fully saturated rings. The van der Waals surface area contributed by atoms with E-state index in [0.29, 0.717) is 35.4 Å². The minimum Gasteiger partial charge on any atom is -0.497 e. The molecule has 176 valence electrons. The van der Waals surface area contributed by atoms with Crippen LogP contribution < -0.4 is 19.5 Å². The Morgan fingerprint density at radius 2 is 1.94 bits per heavy atom. The van der Waals surface area contributed by atoms with E-state index in [9.17, 15) is 4.79 Å². The second kappa shape index (κ2) is 10.2. The fraction of sp³-hybridized carbons (Fsp3) is 0.280. The van der Waals surface area contributed by atoms with E-state index >= 15 is 0 Å². The summed E-state index contributed by atoms with van der Waals surface area (Å²) in [6.07, 6.45) is -0.627. The number of ether oxygens (including phenoxy) is 3. The minimum atomic E-state index is -0.627. The molecule has 9 heteroatoms. The van der Waals surface area contributed by atoms with Gasteiger partial charge < -0.3 is 19.5 Å². The Kier molecular flexibility index (Phi) is 6.91. The van der Waals surface area contributed by atoms with Crippen LogP contribution in [0.2, 0.25) is 0 Å². The molecule has 0 aliphatic rings. The van der Waals surface area contributed by atoms with E-state index in [4.69, 9.17) is 14.2 Å². The van der Waals surface area contributed by atoms with E-state index in [-0.39, 0.29) is 12.5 Å². The van der Waals surface area contributed by atoms with Crippen LogP contribution in [0.25, 0.3) is 17.0 Å². The molecule has 0 aliphatic heterocycles. The Labute approximate surface area is 197 Å². The van der Waals surface area contributed by atoms with Crippen molar-refractivity contribution in [2.45, 2.75) is 26.9 Å². The van der Waals surface area contributed by atoms with Gasteiger partial charge >= 0.3 is 0 Å². The maximum atomic E-state index is 12.4. The number of carbonyl (C=O) groups is 1. The molecular formula is C25H27N5O4. The molecule has 0 saturated carbocycles. The molecule has 0 saturated heterocycles. The maximum Gasteiger partial charge on any atom is 0.260 e. The average molecular weight is 462 g/mol. The molecule has 1 amide bonds. The van der Waals surface area contributed by atoms with Crippen LogP contribution in [-0.4, -0.2) is 52.1 Å². The predicted molar refractivity (Wildman–Crippen MR) is 127 cm³/mol. The topological polar surface area (TPSA) is 99.9 Å². The summed E-state index contributed by atoms with van der Waals surface area (Å²) in [6.45, 7) is 6.21. The zero-order valence-corrected chi connectivity index (χ0v) is 19.6. The van der Waals surface area contributed by atoms with Gasteiger partial charge in [0, 0.05) is 11.6 Å². The van der Waals surface area contributed by atoms with Crippen molar-refractivity contribution in [1.82, 2.24) is 25.1 Å². The third kappa shape index (κ3) is 5.25. The number of carbonyl (C=O) groups excluding carboxylic acids is 1. The zero-order chi connectivity index (χ0) is 24.1. The van der Waals surface area contributed by atoms with Crippen LogP contribution in [0.3, 0.4) is 0 Å². The van der Waals surface area contributed by atoms with E-state index in [1.807, 2.05) is 56.3 Å². The summed E-state index contributed by atoms with van der Waals surface area (Å²) in [5.41, 5.74) is 3.48. The second-order valence-electron chi connectivity index (χ2n) is 7.87. The van der Waals surface area contributed by atoms with Crippen molar-refractivity contribution in [1.29, 1.82) is 0 Å². The van der Waals surface area contributed by atoms with Gasteiger partial charge in [-0.1, -0.05) is 24.3 Å². The Hall–Kier alpha value is -4.14. The van der Waals surface area contributed by atoms with Crippen LogP contribution in [0.1, 0.15) is 18.1 Å². The molecule has 9 nitrogen and oxygen atoms in total. The summed E-state index contributed by atoms with van der Waals surface area (Å²) < 4.78 is 18.5. The highest BCUT2D eigenvalue weighted by molar-refractivity contribution is 5.80. The molecule has 2 aromatic carbocycles. The molecule has 1 atom stereocenters. The Balaban J connectivity index is 1.34. The predicted octanol–water partition coefficient (Wildman–Crippen LogP) is 3.38. The molecule has 0 spiro atoms. The van der Waals surface area contributed by atoms with Crippen molar-refractivity contribution in [2.24, 2.45) is 0 Å². The van der Waals surface area contributed by atoms with E-state index < -0.39 is 6.10 Å². The van der Waals surface area contributed by atoms with E-state index in [0.717, 1.165) is 16.7 Å². The van der Waals surface area contributed by atoms with E-state index in [2.05, 4.69) is 20.6 Å². The maximum absolute atomic E-state index is 12.4. The molecule has 1 unspecified atom stereocenters. The molecular weight excluding hydrogens is 434 g/mol. The molecule has 0 radical (unpaired) electrons. The minimum absolute atomic E-state index is 0.216. The third-order valence-corrected chi connectivity index (χ3v) is 5.23. The van der Waals surface area contributed by atoms with Crippen molar-refractivity contribution >= 4 is 11.6 Å². The van der Waals surface area contributed by atoms with Crippen LogP contribution in [0, 0.1) is 13.8 Å². The normalized spacial score (nSPS) is 11.8. The van der Waals surface area contributed by atoms with Crippen molar-refractivity contribution < 1.29 is 19.0 Å². The van der Waals surface area contributed by atoms with Crippen LogP contribution in [0.5, 0.6) is 17.4 Å². The fourth-order valence-electron chi connectivity index (χ4n) is 3.34. The van der Waals surface area contributed by atoms with Crippen LogP contribution in [0.15, 0.2) is 54.6 Å². The number of amides is 1. The Bertz CT molecular complexity index is 1300. The quantitative estimate of drug-likeness (QED) is 0.382. The fourth-order valence-corrected chi connectivity index (χ4v) is 3.34. The van der Waals surface area contributed by atoms with Gasteiger partial charge in [-0.3, -0.25) is 4.79 Å². The van der Waals surface area contributed by atoms with E-state index in [1.54, 1.807) is 30.7 Å². The summed E-state index contributed by atoms with van der Waals surface area (Å²) in [6, 6.07) is 16.9. The molecule has 2 aromatic heterocycles. The van der Waals surface area contributed by atoms with Crippen molar-refractivity contribution in [3.8, 4) is 28.8 Å². The van der Waals surface area contributed by atoms with Gasteiger partial charge in [0.1, 0.15) is 18.1 Å². The summed E-state index contributed by atoms with van der Waals surface area (Å²) >= 11 is 0. The van der Waals surface area contributed by atoms with Gasteiger partial charge in [0.2, 0.25) is 5.88 Å². The van der Waals surface area contributed by atoms with Gasteiger partial charge in [-0.2, -0.15) is 4.52 Å². The van der Waals surface area contributed by atoms with Crippen molar-refractivity contribution in [3.63, 3.8) is 0 Å². The van der Waals surface area contributed by atoms with Gasteiger partial charge in [0.05, 0.1) is 13.7 Å². The van der Waals surface area contributed by atoms with Crippen molar-refractivity contribution in [2.75, 3.05) is 20.3 Å². The number of aromatic nitrogens is 4. The number of nitrogens with zero attached hydrogens (tertiary/aromatic N) is 4. The summed E-state index contributed by atoms with van der Waals surface area (Å²) in [5.74, 6) is 2.17. The Morgan fingerprint density at radius 3 is 2.76 bits per heavy atom. The van der Waals surface area contributed by atoms with E-state index in [1.165, 1.54) is 0 Å². The van der Waals surface area contributed by atoms with Gasteiger partial charge in [-0.05, 0) is 56.2 Å². The first-order chi connectivity index (χ1) is 16.4.